The Bertz CT molecular complexity index is 479. The van der Waals surface area contributed by atoms with Gasteiger partial charge in [0.05, 0.1) is 18.2 Å². The molecule has 0 heterocycles. The summed E-state index contributed by atoms with van der Waals surface area (Å²) >= 11 is 0. The average Bonchev–Trinajstić information content (AvgIpc) is 2.46. The van der Waals surface area contributed by atoms with Crippen LogP contribution in [0.5, 0.6) is 0 Å². The van der Waals surface area contributed by atoms with Gasteiger partial charge in [0.25, 0.3) is 0 Å². The van der Waals surface area contributed by atoms with Gasteiger partial charge >= 0.3 is 0 Å². The molecule has 0 radical (unpaired) electrons. The highest BCUT2D eigenvalue weighted by atomic mass is 19.1. The van der Waals surface area contributed by atoms with Crippen LogP contribution in [0.2, 0.25) is 0 Å². The first-order chi connectivity index (χ1) is 10.0. The molecule has 1 aromatic rings. The van der Waals surface area contributed by atoms with Gasteiger partial charge in [0.15, 0.2) is 0 Å². The second kappa shape index (κ2) is 8.63. The van der Waals surface area contributed by atoms with E-state index in [1.165, 1.54) is 0 Å². The predicted octanol–water partition coefficient (Wildman–Crippen LogP) is 4.01. The molecule has 0 aliphatic heterocycles. The zero-order chi connectivity index (χ0) is 15.8. The van der Waals surface area contributed by atoms with E-state index in [9.17, 15) is 4.39 Å². The molecule has 1 unspecified atom stereocenters. The van der Waals surface area contributed by atoms with Crippen LogP contribution in [0.1, 0.15) is 52.1 Å². The fourth-order valence-corrected chi connectivity index (χ4v) is 2.33. The van der Waals surface area contributed by atoms with Crippen molar-refractivity contribution in [1.29, 1.82) is 5.26 Å². The maximum Gasteiger partial charge on any atom is 0.146 e. The Morgan fingerprint density at radius 2 is 2.05 bits per heavy atom. The molecule has 0 bridgehead atoms. The molecule has 116 valence electrons. The summed E-state index contributed by atoms with van der Waals surface area (Å²) in [6.45, 7) is 9.64. The number of anilines is 1. The van der Waals surface area contributed by atoms with Crippen LogP contribution in [0.3, 0.4) is 0 Å². The third kappa shape index (κ3) is 5.02. The molecule has 0 fully saturated rings. The van der Waals surface area contributed by atoms with Gasteiger partial charge in [-0.3, -0.25) is 0 Å². The van der Waals surface area contributed by atoms with Crippen LogP contribution in [0.4, 0.5) is 10.1 Å². The summed E-state index contributed by atoms with van der Waals surface area (Å²) in [5.41, 5.74) is 1.53. The molecule has 0 spiro atoms. The van der Waals surface area contributed by atoms with Gasteiger partial charge in [-0.1, -0.05) is 13.0 Å². The molecule has 0 saturated carbocycles. The Hall–Kier alpha value is -1.60. The van der Waals surface area contributed by atoms with Crippen LogP contribution in [0.25, 0.3) is 0 Å². The normalized spacial score (nSPS) is 12.2. The van der Waals surface area contributed by atoms with Gasteiger partial charge in [0, 0.05) is 18.6 Å². The molecule has 1 atom stereocenters. The van der Waals surface area contributed by atoms with E-state index >= 15 is 0 Å². The van der Waals surface area contributed by atoms with Gasteiger partial charge in [0.2, 0.25) is 0 Å². The third-order valence-corrected chi connectivity index (χ3v) is 3.57. The average molecular weight is 291 g/mol. The summed E-state index contributed by atoms with van der Waals surface area (Å²) in [4.78, 5) is 1.94. The number of benzene rings is 1. The van der Waals surface area contributed by atoms with Crippen molar-refractivity contribution in [2.24, 2.45) is 0 Å². The lowest BCUT2D eigenvalue weighted by Crippen LogP contribution is -2.32. The summed E-state index contributed by atoms with van der Waals surface area (Å²) in [6.07, 6.45) is 1.45. The highest BCUT2D eigenvalue weighted by Gasteiger charge is 2.16. The number of hydrogen-bond donors (Lipinski definition) is 1. The minimum Gasteiger partial charge on any atom is -0.366 e. The Labute approximate surface area is 127 Å². The maximum atomic E-state index is 14.4. The molecule has 21 heavy (non-hydrogen) atoms. The molecule has 0 saturated heterocycles. The summed E-state index contributed by atoms with van der Waals surface area (Å²) in [5, 5.41) is 12.1. The monoisotopic (exact) mass is 291 g/mol. The van der Waals surface area contributed by atoms with Crippen molar-refractivity contribution in [2.45, 2.75) is 52.6 Å². The van der Waals surface area contributed by atoms with Crippen LogP contribution in [0, 0.1) is 17.1 Å². The zero-order valence-electron chi connectivity index (χ0n) is 13.5. The van der Waals surface area contributed by atoms with E-state index in [4.69, 9.17) is 5.26 Å². The number of hydrogen-bond acceptors (Lipinski definition) is 3. The molecular weight excluding hydrogens is 265 g/mol. The first kappa shape index (κ1) is 17.5. The molecular formula is C17H26FN3. The van der Waals surface area contributed by atoms with Crippen LogP contribution < -0.4 is 10.2 Å². The first-order valence-corrected chi connectivity index (χ1v) is 7.67. The summed E-state index contributed by atoms with van der Waals surface area (Å²) in [5.74, 6) is -0.218. The lowest BCUT2D eigenvalue weighted by atomic mass is 10.1. The van der Waals surface area contributed by atoms with E-state index in [0.29, 0.717) is 18.7 Å². The highest BCUT2D eigenvalue weighted by molar-refractivity contribution is 5.50. The lowest BCUT2D eigenvalue weighted by Gasteiger charge is -2.29. The largest absolute Gasteiger partial charge is 0.366 e. The van der Waals surface area contributed by atoms with E-state index < -0.39 is 0 Å². The van der Waals surface area contributed by atoms with E-state index in [0.717, 1.165) is 18.5 Å². The predicted molar refractivity (Wildman–Crippen MR) is 85.8 cm³/mol. The summed E-state index contributed by atoms with van der Waals surface area (Å²) in [7, 11) is 0. The number of nitrogens with zero attached hydrogens (tertiary/aromatic N) is 2. The van der Waals surface area contributed by atoms with Gasteiger partial charge in [-0.2, -0.15) is 5.26 Å². The lowest BCUT2D eigenvalue weighted by molar-refractivity contribution is 0.559. The quantitative estimate of drug-likeness (QED) is 0.786. The van der Waals surface area contributed by atoms with E-state index in [1.54, 1.807) is 6.07 Å². The van der Waals surface area contributed by atoms with Crippen molar-refractivity contribution in [3.05, 3.63) is 29.6 Å². The van der Waals surface area contributed by atoms with Crippen LogP contribution in [-0.4, -0.2) is 19.1 Å². The SMILES string of the molecule is CCCNC(C)c1ccc(N(CCC#N)C(C)C)c(F)c1. The molecule has 0 aliphatic rings. The fraction of sp³-hybridized carbons (Fsp3) is 0.588. The molecule has 1 aromatic carbocycles. The minimum atomic E-state index is -0.218. The van der Waals surface area contributed by atoms with Gasteiger partial charge in [-0.25, -0.2) is 4.39 Å². The molecule has 0 amide bonds. The van der Waals surface area contributed by atoms with Crippen molar-refractivity contribution in [3.8, 4) is 6.07 Å². The van der Waals surface area contributed by atoms with Crippen molar-refractivity contribution in [1.82, 2.24) is 5.32 Å². The van der Waals surface area contributed by atoms with Crippen LogP contribution in [-0.2, 0) is 0 Å². The van der Waals surface area contributed by atoms with E-state index in [-0.39, 0.29) is 17.9 Å². The fourth-order valence-electron chi connectivity index (χ4n) is 2.33. The van der Waals surface area contributed by atoms with Gasteiger partial charge in [-0.15, -0.1) is 0 Å². The Balaban J connectivity index is 2.92. The van der Waals surface area contributed by atoms with E-state index in [2.05, 4.69) is 18.3 Å². The molecule has 3 nitrogen and oxygen atoms in total. The van der Waals surface area contributed by atoms with Crippen molar-refractivity contribution < 1.29 is 4.39 Å². The first-order valence-electron chi connectivity index (χ1n) is 7.67. The van der Waals surface area contributed by atoms with Gasteiger partial charge in [0.1, 0.15) is 5.82 Å². The molecule has 0 aromatic heterocycles. The second-order valence-corrected chi connectivity index (χ2v) is 5.58. The molecule has 1 rings (SSSR count). The zero-order valence-corrected chi connectivity index (χ0v) is 13.5. The Morgan fingerprint density at radius 3 is 2.57 bits per heavy atom. The number of nitrogens with one attached hydrogen (secondary N) is 1. The standard InChI is InChI=1S/C17H26FN3/c1-5-10-20-14(4)15-7-8-17(16(18)12-15)21(13(2)3)11-6-9-19/h7-8,12-14,20H,5-6,10-11H2,1-4H3. The molecule has 4 heteroatoms. The van der Waals surface area contributed by atoms with Crippen molar-refractivity contribution in [3.63, 3.8) is 0 Å². The maximum absolute atomic E-state index is 14.4. The van der Waals surface area contributed by atoms with Crippen molar-refractivity contribution >= 4 is 5.69 Å². The van der Waals surface area contributed by atoms with Crippen LogP contribution >= 0.6 is 0 Å². The number of nitriles is 1. The summed E-state index contributed by atoms with van der Waals surface area (Å²) in [6, 6.07) is 7.81. The minimum absolute atomic E-state index is 0.139. The molecule has 1 N–H and O–H groups in total. The van der Waals surface area contributed by atoms with Gasteiger partial charge in [-0.05, 0) is 51.4 Å². The Kier molecular flexibility index (Phi) is 7.18. The topological polar surface area (TPSA) is 39.1 Å². The number of halogens is 1. The second-order valence-electron chi connectivity index (χ2n) is 5.58. The van der Waals surface area contributed by atoms with Crippen LogP contribution in [0.15, 0.2) is 18.2 Å². The third-order valence-electron chi connectivity index (χ3n) is 3.57. The highest BCUT2D eigenvalue weighted by Crippen LogP contribution is 2.25. The van der Waals surface area contributed by atoms with E-state index in [1.807, 2.05) is 37.8 Å². The Morgan fingerprint density at radius 1 is 1.33 bits per heavy atom. The van der Waals surface area contributed by atoms with Gasteiger partial charge < -0.3 is 10.2 Å². The van der Waals surface area contributed by atoms with Crippen molar-refractivity contribution in [2.75, 3.05) is 18.0 Å². The summed E-state index contributed by atoms with van der Waals surface area (Å²) < 4.78 is 14.4. The smallest absolute Gasteiger partial charge is 0.146 e. The molecule has 0 aliphatic carbocycles. The number of rotatable bonds is 8.